The first-order valence-corrected chi connectivity index (χ1v) is 8.84. The molecule has 1 unspecified atom stereocenters. The van der Waals surface area contributed by atoms with Crippen LogP contribution in [-0.2, 0) is 17.8 Å². The molecule has 1 N–H and O–H groups in total. The van der Waals surface area contributed by atoms with Gasteiger partial charge in [-0.3, -0.25) is 0 Å². The van der Waals surface area contributed by atoms with Crippen LogP contribution in [0.15, 0.2) is 12.1 Å². The van der Waals surface area contributed by atoms with Gasteiger partial charge in [-0.2, -0.15) is 0 Å². The zero-order valence-corrected chi connectivity index (χ0v) is 14.7. The van der Waals surface area contributed by atoms with Gasteiger partial charge in [0, 0.05) is 0 Å². The van der Waals surface area contributed by atoms with Crippen LogP contribution in [0, 0.1) is 25.7 Å². The van der Waals surface area contributed by atoms with Gasteiger partial charge < -0.3 is 9.84 Å². The van der Waals surface area contributed by atoms with Crippen LogP contribution < -0.4 is 0 Å². The minimum Gasteiger partial charge on any atom is -0.368 e. The summed E-state index contributed by atoms with van der Waals surface area (Å²) >= 11 is 0. The molecular weight excluding hydrogens is 272 g/mol. The summed E-state index contributed by atoms with van der Waals surface area (Å²) in [4.78, 5) is 0. The number of aliphatic hydroxyl groups excluding tert-OH is 1. The molecule has 1 aromatic rings. The zero-order valence-electron chi connectivity index (χ0n) is 14.7. The molecule has 0 aromatic heterocycles. The summed E-state index contributed by atoms with van der Waals surface area (Å²) < 4.78 is 5.35. The molecule has 1 aliphatic carbocycles. The van der Waals surface area contributed by atoms with E-state index in [0.29, 0.717) is 6.61 Å². The third kappa shape index (κ3) is 5.10. The molecule has 0 spiro atoms. The number of ether oxygens (including phenoxy) is 1. The Labute approximate surface area is 135 Å². The van der Waals surface area contributed by atoms with Crippen LogP contribution >= 0.6 is 0 Å². The molecule has 2 nitrogen and oxygen atoms in total. The molecule has 0 radical (unpaired) electrons. The van der Waals surface area contributed by atoms with E-state index in [1.54, 1.807) is 6.92 Å². The highest BCUT2D eigenvalue weighted by atomic mass is 16.6. The lowest BCUT2D eigenvalue weighted by Gasteiger charge is -2.26. The van der Waals surface area contributed by atoms with Crippen molar-refractivity contribution in [2.24, 2.45) is 11.8 Å². The van der Waals surface area contributed by atoms with Crippen LogP contribution in [0.1, 0.15) is 68.2 Å². The summed E-state index contributed by atoms with van der Waals surface area (Å²) in [5, 5.41) is 9.27. The molecule has 1 fully saturated rings. The predicted octanol–water partition coefficient (Wildman–Crippen LogP) is 4.92. The average Bonchev–Trinajstić information content (AvgIpc) is 2.45. The third-order valence-corrected chi connectivity index (χ3v) is 5.20. The molecule has 2 rings (SSSR count). The smallest absolute Gasteiger partial charge is 0.152 e. The van der Waals surface area contributed by atoms with Crippen molar-refractivity contribution < 1.29 is 9.84 Å². The van der Waals surface area contributed by atoms with E-state index < -0.39 is 6.29 Å². The molecule has 1 atom stereocenters. The maximum atomic E-state index is 9.27. The van der Waals surface area contributed by atoms with Gasteiger partial charge in [-0.05, 0) is 67.7 Å². The molecule has 0 aliphatic heterocycles. The minimum absolute atomic E-state index is 0.496. The maximum absolute atomic E-state index is 9.27. The van der Waals surface area contributed by atoms with E-state index in [1.165, 1.54) is 60.8 Å². The summed E-state index contributed by atoms with van der Waals surface area (Å²) in [7, 11) is 0. The van der Waals surface area contributed by atoms with Crippen LogP contribution in [0.25, 0.3) is 0 Å². The van der Waals surface area contributed by atoms with Gasteiger partial charge in [0.2, 0.25) is 0 Å². The van der Waals surface area contributed by atoms with Crippen molar-refractivity contribution in [3.8, 4) is 0 Å². The van der Waals surface area contributed by atoms with Crippen molar-refractivity contribution in [3.63, 3.8) is 0 Å². The van der Waals surface area contributed by atoms with Gasteiger partial charge in [-0.25, -0.2) is 0 Å². The first-order chi connectivity index (χ1) is 10.5. The van der Waals surface area contributed by atoms with E-state index in [0.717, 1.165) is 11.8 Å². The van der Waals surface area contributed by atoms with Crippen LogP contribution in [0.4, 0.5) is 0 Å². The minimum atomic E-state index is -0.702. The molecule has 2 heteroatoms. The Morgan fingerprint density at radius 2 is 1.73 bits per heavy atom. The van der Waals surface area contributed by atoms with Gasteiger partial charge >= 0.3 is 0 Å². The Bertz CT molecular complexity index is 448. The van der Waals surface area contributed by atoms with Crippen molar-refractivity contribution in [2.75, 3.05) is 0 Å². The first-order valence-electron chi connectivity index (χ1n) is 8.84. The molecule has 0 amide bonds. The highest BCUT2D eigenvalue weighted by Gasteiger charge is 2.18. The standard InChI is InChI=1S/C20H32O2/c1-14-5-7-18(8-6-14)9-10-19-11-15(2)20(16(3)12-19)13-22-17(4)21/h11-12,14,17-18,21H,5-10,13H2,1-4H3. The van der Waals surface area contributed by atoms with Crippen LogP contribution in [0.5, 0.6) is 0 Å². The Balaban J connectivity index is 1.92. The Kier molecular flexibility index (Phi) is 6.46. The van der Waals surface area contributed by atoms with Gasteiger partial charge in [0.15, 0.2) is 6.29 Å². The lowest BCUT2D eigenvalue weighted by atomic mass is 9.80. The Hall–Kier alpha value is -0.860. The first kappa shape index (κ1) is 17.5. The number of aryl methyl sites for hydroxylation is 3. The molecule has 0 saturated heterocycles. The van der Waals surface area contributed by atoms with E-state index in [9.17, 15) is 5.11 Å². The average molecular weight is 304 g/mol. The number of hydrogen-bond donors (Lipinski definition) is 1. The highest BCUT2D eigenvalue weighted by Crippen LogP contribution is 2.31. The fraction of sp³-hybridized carbons (Fsp3) is 0.700. The second kappa shape index (κ2) is 8.12. The molecule has 0 heterocycles. The molecular formula is C20H32O2. The monoisotopic (exact) mass is 304 g/mol. The largest absolute Gasteiger partial charge is 0.368 e. The third-order valence-electron chi connectivity index (χ3n) is 5.20. The molecule has 124 valence electrons. The van der Waals surface area contributed by atoms with Gasteiger partial charge in [0.05, 0.1) is 6.61 Å². The predicted molar refractivity (Wildman–Crippen MR) is 91.8 cm³/mol. The van der Waals surface area contributed by atoms with E-state index in [1.807, 2.05) is 0 Å². The fourth-order valence-electron chi connectivity index (χ4n) is 3.65. The van der Waals surface area contributed by atoms with E-state index in [2.05, 4.69) is 32.9 Å². The molecule has 1 aliphatic rings. The number of benzene rings is 1. The van der Waals surface area contributed by atoms with E-state index >= 15 is 0 Å². The van der Waals surface area contributed by atoms with Gasteiger partial charge in [0.25, 0.3) is 0 Å². The Morgan fingerprint density at radius 3 is 2.27 bits per heavy atom. The summed E-state index contributed by atoms with van der Waals surface area (Å²) in [5.41, 5.74) is 5.24. The number of rotatable bonds is 6. The summed E-state index contributed by atoms with van der Waals surface area (Å²) in [5.74, 6) is 1.86. The summed E-state index contributed by atoms with van der Waals surface area (Å²) in [6, 6.07) is 4.61. The van der Waals surface area contributed by atoms with Crippen molar-refractivity contribution in [2.45, 2.75) is 79.1 Å². The van der Waals surface area contributed by atoms with Crippen molar-refractivity contribution in [3.05, 3.63) is 34.4 Å². The van der Waals surface area contributed by atoms with Crippen molar-refractivity contribution in [1.29, 1.82) is 0 Å². The zero-order chi connectivity index (χ0) is 16.1. The van der Waals surface area contributed by atoms with Crippen LogP contribution in [-0.4, -0.2) is 11.4 Å². The topological polar surface area (TPSA) is 29.5 Å². The summed E-state index contributed by atoms with van der Waals surface area (Å²) in [6.07, 6.45) is 7.48. The van der Waals surface area contributed by atoms with Crippen molar-refractivity contribution in [1.82, 2.24) is 0 Å². The number of aliphatic hydroxyl groups is 1. The van der Waals surface area contributed by atoms with Gasteiger partial charge in [-0.1, -0.05) is 44.7 Å². The maximum Gasteiger partial charge on any atom is 0.152 e. The summed E-state index contributed by atoms with van der Waals surface area (Å²) in [6.45, 7) is 8.84. The SMILES string of the molecule is Cc1cc(CCC2CCC(C)CC2)cc(C)c1COC(C)O. The van der Waals surface area contributed by atoms with Crippen LogP contribution in [0.3, 0.4) is 0 Å². The number of hydrogen-bond acceptors (Lipinski definition) is 2. The highest BCUT2D eigenvalue weighted by molar-refractivity contribution is 5.37. The molecule has 0 bridgehead atoms. The van der Waals surface area contributed by atoms with Gasteiger partial charge in [0.1, 0.15) is 0 Å². The van der Waals surface area contributed by atoms with Gasteiger partial charge in [-0.15, -0.1) is 0 Å². The lowest BCUT2D eigenvalue weighted by molar-refractivity contribution is -0.0941. The lowest BCUT2D eigenvalue weighted by Crippen LogP contribution is -2.13. The van der Waals surface area contributed by atoms with E-state index in [-0.39, 0.29) is 0 Å². The van der Waals surface area contributed by atoms with Crippen molar-refractivity contribution >= 4 is 0 Å². The molecule has 22 heavy (non-hydrogen) atoms. The quantitative estimate of drug-likeness (QED) is 0.756. The second-order valence-electron chi connectivity index (χ2n) is 7.28. The fourth-order valence-corrected chi connectivity index (χ4v) is 3.65. The van der Waals surface area contributed by atoms with Crippen LogP contribution in [0.2, 0.25) is 0 Å². The Morgan fingerprint density at radius 1 is 1.14 bits per heavy atom. The second-order valence-corrected chi connectivity index (χ2v) is 7.28. The van der Waals surface area contributed by atoms with E-state index in [4.69, 9.17) is 4.74 Å². The molecule has 1 aromatic carbocycles. The normalized spacial score (nSPS) is 23.5. The molecule has 1 saturated carbocycles.